The maximum absolute atomic E-state index is 11.2. The lowest BCUT2D eigenvalue weighted by molar-refractivity contribution is 0.195. The van der Waals surface area contributed by atoms with Gasteiger partial charge in [-0.3, -0.25) is 4.57 Å². The number of aromatic amines is 1. The van der Waals surface area contributed by atoms with Gasteiger partial charge in [0.1, 0.15) is 5.03 Å². The zero-order valence-corrected chi connectivity index (χ0v) is 10.2. The molecule has 0 saturated heterocycles. The van der Waals surface area contributed by atoms with Gasteiger partial charge in [-0.25, -0.2) is 14.9 Å². The normalized spacial score (nSPS) is 12.6. The SMILES string of the molecule is CC(O)c1cccnc1Sc1n[nH]c(=O)n1C. The Labute approximate surface area is 102 Å². The molecule has 0 bridgehead atoms. The standard InChI is InChI=1S/C10H12N4O2S/c1-6(15)7-4-3-5-11-8(7)17-10-13-12-9(16)14(10)2/h3-6,15H,1-2H3,(H,12,16). The van der Waals surface area contributed by atoms with Crippen LogP contribution in [0.1, 0.15) is 18.6 Å². The lowest BCUT2D eigenvalue weighted by atomic mass is 10.2. The molecule has 0 radical (unpaired) electrons. The van der Waals surface area contributed by atoms with Gasteiger partial charge in [-0.05, 0) is 24.8 Å². The zero-order chi connectivity index (χ0) is 12.4. The Kier molecular flexibility index (Phi) is 3.30. The fourth-order valence-corrected chi connectivity index (χ4v) is 2.27. The van der Waals surface area contributed by atoms with Crippen LogP contribution in [-0.2, 0) is 7.05 Å². The lowest BCUT2D eigenvalue weighted by Gasteiger charge is -2.08. The first-order valence-electron chi connectivity index (χ1n) is 5.02. The molecule has 2 heterocycles. The van der Waals surface area contributed by atoms with E-state index in [1.165, 1.54) is 16.3 Å². The Balaban J connectivity index is 2.36. The Morgan fingerprint density at radius 1 is 1.59 bits per heavy atom. The average molecular weight is 252 g/mol. The quantitative estimate of drug-likeness (QED) is 0.840. The van der Waals surface area contributed by atoms with Crippen molar-refractivity contribution >= 4 is 11.8 Å². The van der Waals surface area contributed by atoms with Crippen LogP contribution in [0.3, 0.4) is 0 Å². The van der Waals surface area contributed by atoms with Crippen molar-refractivity contribution in [2.75, 3.05) is 0 Å². The average Bonchev–Trinajstić information content (AvgIpc) is 2.61. The smallest absolute Gasteiger partial charge is 0.343 e. The molecule has 0 aliphatic rings. The minimum Gasteiger partial charge on any atom is -0.389 e. The van der Waals surface area contributed by atoms with Gasteiger partial charge < -0.3 is 5.11 Å². The van der Waals surface area contributed by atoms with Crippen molar-refractivity contribution in [2.24, 2.45) is 7.05 Å². The van der Waals surface area contributed by atoms with Gasteiger partial charge in [-0.1, -0.05) is 6.07 Å². The van der Waals surface area contributed by atoms with Crippen molar-refractivity contribution in [3.8, 4) is 0 Å². The number of aromatic nitrogens is 4. The predicted molar refractivity (Wildman–Crippen MR) is 62.8 cm³/mol. The van der Waals surface area contributed by atoms with E-state index in [2.05, 4.69) is 15.2 Å². The first-order valence-corrected chi connectivity index (χ1v) is 5.83. The third-order valence-corrected chi connectivity index (χ3v) is 3.36. The number of hydrogen-bond acceptors (Lipinski definition) is 5. The van der Waals surface area contributed by atoms with Gasteiger partial charge in [0, 0.05) is 18.8 Å². The largest absolute Gasteiger partial charge is 0.389 e. The molecule has 1 atom stereocenters. The number of H-pyrrole nitrogens is 1. The Morgan fingerprint density at radius 3 is 2.94 bits per heavy atom. The summed E-state index contributed by atoms with van der Waals surface area (Å²) in [5.41, 5.74) is 0.440. The van der Waals surface area contributed by atoms with Gasteiger partial charge >= 0.3 is 5.69 Å². The van der Waals surface area contributed by atoms with E-state index in [-0.39, 0.29) is 5.69 Å². The summed E-state index contributed by atoms with van der Waals surface area (Å²) < 4.78 is 1.39. The van der Waals surface area contributed by atoms with E-state index in [1.807, 2.05) is 0 Å². The van der Waals surface area contributed by atoms with Gasteiger partial charge in [0.2, 0.25) is 0 Å². The van der Waals surface area contributed by atoms with E-state index in [1.54, 1.807) is 32.3 Å². The summed E-state index contributed by atoms with van der Waals surface area (Å²) in [6, 6.07) is 3.56. The van der Waals surface area contributed by atoms with Crippen LogP contribution in [0, 0.1) is 0 Å². The highest BCUT2D eigenvalue weighted by Crippen LogP contribution is 2.29. The van der Waals surface area contributed by atoms with Crippen LogP contribution in [0.25, 0.3) is 0 Å². The number of pyridine rings is 1. The van der Waals surface area contributed by atoms with Crippen molar-refractivity contribution in [1.82, 2.24) is 19.7 Å². The summed E-state index contributed by atoms with van der Waals surface area (Å²) in [5, 5.41) is 17.0. The molecule has 1 unspecified atom stereocenters. The van der Waals surface area contributed by atoms with Crippen LogP contribution in [0.15, 0.2) is 33.3 Å². The fourth-order valence-electron chi connectivity index (χ4n) is 1.32. The number of hydrogen-bond donors (Lipinski definition) is 2. The molecule has 0 aliphatic carbocycles. The van der Waals surface area contributed by atoms with E-state index in [0.29, 0.717) is 15.7 Å². The molecule has 17 heavy (non-hydrogen) atoms. The molecule has 2 aromatic rings. The van der Waals surface area contributed by atoms with Crippen LogP contribution in [0.5, 0.6) is 0 Å². The Hall–Kier alpha value is -1.60. The molecule has 0 fully saturated rings. The second kappa shape index (κ2) is 4.72. The zero-order valence-electron chi connectivity index (χ0n) is 9.41. The summed E-state index contributed by atoms with van der Waals surface area (Å²) in [7, 11) is 1.62. The number of aliphatic hydroxyl groups is 1. The topological polar surface area (TPSA) is 83.8 Å². The molecule has 6 nitrogen and oxygen atoms in total. The van der Waals surface area contributed by atoms with Gasteiger partial charge in [-0.15, -0.1) is 5.10 Å². The molecule has 0 aliphatic heterocycles. The van der Waals surface area contributed by atoms with E-state index in [0.717, 1.165) is 0 Å². The van der Waals surface area contributed by atoms with Crippen molar-refractivity contribution in [3.05, 3.63) is 34.4 Å². The summed E-state index contributed by atoms with van der Waals surface area (Å²) in [6.45, 7) is 1.67. The van der Waals surface area contributed by atoms with Crippen LogP contribution in [0.2, 0.25) is 0 Å². The van der Waals surface area contributed by atoms with Gasteiger partial charge in [0.25, 0.3) is 0 Å². The van der Waals surface area contributed by atoms with Crippen molar-refractivity contribution in [1.29, 1.82) is 0 Å². The molecule has 2 aromatic heterocycles. The van der Waals surface area contributed by atoms with Crippen LogP contribution < -0.4 is 5.69 Å². The second-order valence-electron chi connectivity index (χ2n) is 3.55. The number of rotatable bonds is 3. The van der Waals surface area contributed by atoms with Crippen molar-refractivity contribution in [3.63, 3.8) is 0 Å². The molecule has 90 valence electrons. The first-order chi connectivity index (χ1) is 8.09. The highest BCUT2D eigenvalue weighted by molar-refractivity contribution is 7.99. The lowest BCUT2D eigenvalue weighted by Crippen LogP contribution is -2.13. The minimum atomic E-state index is -0.609. The molecule has 2 rings (SSSR count). The maximum Gasteiger partial charge on any atom is 0.343 e. The molecule has 2 N–H and O–H groups in total. The van der Waals surface area contributed by atoms with E-state index < -0.39 is 6.10 Å². The summed E-state index contributed by atoms with van der Waals surface area (Å²) in [4.78, 5) is 15.4. The Morgan fingerprint density at radius 2 is 2.35 bits per heavy atom. The fraction of sp³-hybridized carbons (Fsp3) is 0.300. The second-order valence-corrected chi connectivity index (χ2v) is 4.50. The van der Waals surface area contributed by atoms with Crippen LogP contribution >= 0.6 is 11.8 Å². The number of nitrogens with one attached hydrogen (secondary N) is 1. The van der Waals surface area contributed by atoms with Crippen LogP contribution in [0.4, 0.5) is 0 Å². The van der Waals surface area contributed by atoms with E-state index in [4.69, 9.17) is 0 Å². The van der Waals surface area contributed by atoms with Crippen LogP contribution in [-0.4, -0.2) is 24.9 Å². The van der Waals surface area contributed by atoms with E-state index >= 15 is 0 Å². The highest BCUT2D eigenvalue weighted by atomic mass is 32.2. The molecule has 7 heteroatoms. The molecule has 0 spiro atoms. The summed E-state index contributed by atoms with van der Waals surface area (Å²) >= 11 is 1.24. The number of nitrogens with zero attached hydrogens (tertiary/aromatic N) is 3. The van der Waals surface area contributed by atoms with Crippen molar-refractivity contribution < 1.29 is 5.11 Å². The molecule has 0 saturated carbocycles. The summed E-state index contributed by atoms with van der Waals surface area (Å²) in [6.07, 6.45) is 1.03. The monoisotopic (exact) mass is 252 g/mol. The maximum atomic E-state index is 11.2. The Bertz CT molecular complexity index is 576. The third kappa shape index (κ3) is 2.40. The first kappa shape index (κ1) is 11.9. The predicted octanol–water partition coefficient (Wildman–Crippen LogP) is 0.708. The summed E-state index contributed by atoms with van der Waals surface area (Å²) in [5.74, 6) is 0. The van der Waals surface area contributed by atoms with Gasteiger partial charge in [0.15, 0.2) is 5.16 Å². The van der Waals surface area contributed by atoms with Crippen molar-refractivity contribution in [2.45, 2.75) is 23.2 Å². The molecule has 0 amide bonds. The van der Waals surface area contributed by atoms with Gasteiger partial charge in [0.05, 0.1) is 6.10 Å². The minimum absolute atomic E-state index is 0.276. The molecular weight excluding hydrogens is 240 g/mol. The van der Waals surface area contributed by atoms with Gasteiger partial charge in [-0.2, -0.15) is 0 Å². The third-order valence-electron chi connectivity index (χ3n) is 2.28. The van der Waals surface area contributed by atoms with E-state index in [9.17, 15) is 9.90 Å². The molecule has 0 aromatic carbocycles. The number of aliphatic hydroxyl groups excluding tert-OH is 1. The molecular formula is C10H12N4O2S. The highest BCUT2D eigenvalue weighted by Gasteiger charge is 2.13.